The van der Waals surface area contributed by atoms with E-state index in [1.54, 1.807) is 0 Å². The number of amides is 1. The van der Waals surface area contributed by atoms with Gasteiger partial charge in [0.2, 0.25) is 5.91 Å². The minimum Gasteiger partial charge on any atom is -0.466 e. The molecule has 2 unspecified atom stereocenters. The molecule has 6 heteroatoms. The summed E-state index contributed by atoms with van der Waals surface area (Å²) < 4.78 is 5.44. The largest absolute Gasteiger partial charge is 0.466 e. The van der Waals surface area contributed by atoms with Crippen molar-refractivity contribution in [2.75, 3.05) is 13.2 Å². The van der Waals surface area contributed by atoms with Crippen molar-refractivity contribution in [2.45, 2.75) is 257 Å². The highest BCUT2D eigenvalue weighted by Gasteiger charge is 2.19. The lowest BCUT2D eigenvalue weighted by atomic mass is 10.0. The van der Waals surface area contributed by atoms with Crippen LogP contribution in [0.15, 0.2) is 48.6 Å². The molecule has 0 radical (unpaired) electrons. The predicted octanol–water partition coefficient (Wildman–Crippen LogP) is 14.7. The number of rotatable bonds is 45. The molecule has 2 atom stereocenters. The van der Waals surface area contributed by atoms with Crippen LogP contribution in [0, 0.1) is 0 Å². The molecule has 0 aliphatic rings. The van der Waals surface area contributed by atoms with E-state index in [0.29, 0.717) is 32.3 Å². The summed E-state index contributed by atoms with van der Waals surface area (Å²) in [4.78, 5) is 24.4. The highest BCUT2D eigenvalue weighted by molar-refractivity contribution is 5.76. The van der Waals surface area contributed by atoms with Crippen LogP contribution in [-0.4, -0.2) is 47.4 Å². The highest BCUT2D eigenvalue weighted by Crippen LogP contribution is 2.15. The van der Waals surface area contributed by atoms with Crippen LogP contribution in [0.25, 0.3) is 0 Å². The third-order valence-corrected chi connectivity index (χ3v) is 11.1. The Balaban J connectivity index is 3.57. The van der Waals surface area contributed by atoms with Gasteiger partial charge >= 0.3 is 5.97 Å². The second-order valence-corrected chi connectivity index (χ2v) is 16.8. The summed E-state index contributed by atoms with van der Waals surface area (Å²) in [6.45, 7) is 4.84. The fraction of sp³-hybridized carbons (Fsp3) is 0.808. The van der Waals surface area contributed by atoms with Gasteiger partial charge in [-0.25, -0.2) is 0 Å². The van der Waals surface area contributed by atoms with Crippen LogP contribution >= 0.6 is 0 Å². The first-order valence-electron chi connectivity index (χ1n) is 24.9. The molecule has 0 saturated heterocycles. The number of hydrogen-bond donors (Lipinski definition) is 3. The average Bonchev–Trinajstić information content (AvgIpc) is 3.22. The van der Waals surface area contributed by atoms with E-state index in [1.807, 2.05) is 6.08 Å². The number of carbonyl (C=O) groups excluding carboxylic acids is 2. The van der Waals surface area contributed by atoms with Gasteiger partial charge in [0.25, 0.3) is 0 Å². The van der Waals surface area contributed by atoms with Crippen LogP contribution < -0.4 is 5.32 Å². The molecule has 0 heterocycles. The number of carbonyl (C=O) groups is 2. The molecule has 0 aromatic carbocycles. The summed E-state index contributed by atoms with van der Waals surface area (Å²) in [5.41, 5.74) is 0. The van der Waals surface area contributed by atoms with Crippen molar-refractivity contribution in [1.29, 1.82) is 0 Å². The molecule has 0 aliphatic carbocycles. The molecular weight excluding hydrogens is 719 g/mol. The van der Waals surface area contributed by atoms with E-state index in [2.05, 4.69) is 61.7 Å². The maximum Gasteiger partial charge on any atom is 0.305 e. The molecule has 0 aromatic heterocycles. The van der Waals surface area contributed by atoms with Crippen LogP contribution in [0.1, 0.15) is 245 Å². The van der Waals surface area contributed by atoms with Gasteiger partial charge in [-0.3, -0.25) is 9.59 Å². The summed E-state index contributed by atoms with van der Waals surface area (Å²) in [5.74, 6) is -0.150. The standard InChI is InChI=1S/C52H95NO5/c1-3-5-7-9-11-13-15-17-18-19-22-26-30-34-38-42-46-52(57)58-47-43-39-35-31-27-23-20-21-25-29-33-37-41-45-51(56)53-49(48-54)50(55)44-40-36-32-28-24-16-14-12-10-8-6-4-2/h13,15,18-19,21,25,33,37,49-50,54-55H,3-12,14,16-17,20,22-24,26-32,34-36,38-48H2,1-2H3,(H,53,56)/b15-13-,19-18-,25-21-,37-33-. The molecule has 0 spiro atoms. The summed E-state index contributed by atoms with van der Waals surface area (Å²) in [5, 5.41) is 23.1. The van der Waals surface area contributed by atoms with E-state index in [1.165, 1.54) is 141 Å². The van der Waals surface area contributed by atoms with Gasteiger partial charge in [-0.05, 0) is 77.0 Å². The molecule has 0 aromatic rings. The van der Waals surface area contributed by atoms with Crippen LogP contribution in [0.3, 0.4) is 0 Å². The van der Waals surface area contributed by atoms with Crippen molar-refractivity contribution >= 4 is 11.9 Å². The van der Waals surface area contributed by atoms with E-state index in [9.17, 15) is 19.8 Å². The van der Waals surface area contributed by atoms with Gasteiger partial charge in [-0.15, -0.1) is 0 Å². The zero-order valence-corrected chi connectivity index (χ0v) is 38.3. The summed E-state index contributed by atoms with van der Waals surface area (Å²) in [6, 6.07) is -0.586. The second-order valence-electron chi connectivity index (χ2n) is 16.8. The van der Waals surface area contributed by atoms with E-state index >= 15 is 0 Å². The Morgan fingerprint density at radius 1 is 0.483 bits per heavy atom. The van der Waals surface area contributed by atoms with E-state index in [4.69, 9.17) is 4.74 Å². The first-order chi connectivity index (χ1) is 28.5. The topological polar surface area (TPSA) is 95.9 Å². The number of unbranched alkanes of at least 4 members (excludes halogenated alkanes) is 26. The number of aliphatic hydroxyl groups is 2. The molecule has 6 nitrogen and oxygen atoms in total. The number of nitrogens with one attached hydrogen (secondary N) is 1. The molecule has 1 amide bonds. The van der Waals surface area contributed by atoms with E-state index in [-0.39, 0.29) is 18.5 Å². The Morgan fingerprint density at radius 2 is 0.879 bits per heavy atom. The van der Waals surface area contributed by atoms with Crippen molar-refractivity contribution in [1.82, 2.24) is 5.32 Å². The van der Waals surface area contributed by atoms with Gasteiger partial charge in [0.05, 0.1) is 25.4 Å². The van der Waals surface area contributed by atoms with Gasteiger partial charge in [-0.2, -0.15) is 0 Å². The fourth-order valence-corrected chi connectivity index (χ4v) is 7.25. The predicted molar refractivity (Wildman–Crippen MR) is 250 cm³/mol. The summed E-state index contributed by atoms with van der Waals surface area (Å²) >= 11 is 0. The molecule has 0 bridgehead atoms. The maximum absolute atomic E-state index is 12.4. The molecule has 0 saturated carbocycles. The number of aliphatic hydroxyl groups excluding tert-OH is 2. The molecular formula is C52H95NO5. The quantitative estimate of drug-likeness (QED) is 0.0323. The van der Waals surface area contributed by atoms with Crippen molar-refractivity contribution in [3.05, 3.63) is 48.6 Å². The fourth-order valence-electron chi connectivity index (χ4n) is 7.25. The Labute approximate surface area is 359 Å². The summed E-state index contributed by atoms with van der Waals surface area (Å²) in [6.07, 6.45) is 58.0. The number of hydrogen-bond acceptors (Lipinski definition) is 5. The Hall–Kier alpha value is -2.18. The minimum atomic E-state index is -0.699. The minimum absolute atomic E-state index is 0.0315. The zero-order chi connectivity index (χ0) is 42.3. The maximum atomic E-state index is 12.4. The number of allylic oxidation sites excluding steroid dienone is 8. The lowest BCUT2D eigenvalue weighted by Crippen LogP contribution is -2.45. The normalized spacial score (nSPS) is 13.1. The van der Waals surface area contributed by atoms with Crippen LogP contribution in [0.5, 0.6) is 0 Å². The lowest BCUT2D eigenvalue weighted by Gasteiger charge is -2.22. The van der Waals surface area contributed by atoms with Crippen molar-refractivity contribution in [2.24, 2.45) is 0 Å². The van der Waals surface area contributed by atoms with E-state index in [0.717, 1.165) is 64.2 Å². The van der Waals surface area contributed by atoms with Gasteiger partial charge in [0, 0.05) is 12.8 Å². The van der Waals surface area contributed by atoms with E-state index < -0.39 is 12.1 Å². The summed E-state index contributed by atoms with van der Waals surface area (Å²) in [7, 11) is 0. The highest BCUT2D eigenvalue weighted by atomic mass is 16.5. The Morgan fingerprint density at radius 3 is 1.36 bits per heavy atom. The van der Waals surface area contributed by atoms with Gasteiger partial charge in [0.1, 0.15) is 0 Å². The molecule has 0 fully saturated rings. The first kappa shape index (κ1) is 55.8. The SMILES string of the molecule is CCCCCC/C=C\C/C=C\CCCCCCCC(=O)OCCCCCCCC/C=C\C/C=C\CCC(=O)NC(CO)C(O)CCCCCCCCCCCCCC. The molecule has 0 rings (SSSR count). The third-order valence-electron chi connectivity index (χ3n) is 11.1. The van der Waals surface area contributed by atoms with Crippen molar-refractivity contribution in [3.63, 3.8) is 0 Å². The van der Waals surface area contributed by atoms with Gasteiger partial charge < -0.3 is 20.3 Å². The van der Waals surface area contributed by atoms with Crippen molar-refractivity contribution < 1.29 is 24.5 Å². The Kier molecular flexibility index (Phi) is 45.7. The monoisotopic (exact) mass is 814 g/mol. The smallest absolute Gasteiger partial charge is 0.305 e. The van der Waals surface area contributed by atoms with Crippen LogP contribution in [-0.2, 0) is 14.3 Å². The van der Waals surface area contributed by atoms with Crippen LogP contribution in [0.2, 0.25) is 0 Å². The van der Waals surface area contributed by atoms with Gasteiger partial charge in [0.15, 0.2) is 0 Å². The molecule has 0 aliphatic heterocycles. The number of ether oxygens (including phenoxy) is 1. The average molecular weight is 814 g/mol. The van der Waals surface area contributed by atoms with Crippen molar-refractivity contribution in [3.8, 4) is 0 Å². The first-order valence-corrected chi connectivity index (χ1v) is 24.9. The third kappa shape index (κ3) is 43.4. The zero-order valence-electron chi connectivity index (χ0n) is 38.3. The molecule has 338 valence electrons. The molecule has 3 N–H and O–H groups in total. The Bertz CT molecular complexity index is 988. The van der Waals surface area contributed by atoms with Gasteiger partial charge in [-0.1, -0.05) is 204 Å². The molecule has 58 heavy (non-hydrogen) atoms. The second kappa shape index (κ2) is 47.5. The number of esters is 1. The lowest BCUT2D eigenvalue weighted by molar-refractivity contribution is -0.143. The van der Waals surface area contributed by atoms with Crippen LogP contribution in [0.4, 0.5) is 0 Å².